The molecule has 3 fully saturated rings. The average Bonchev–Trinajstić information content (AvgIpc) is 3.36. The Bertz CT molecular complexity index is 1860. The monoisotopic (exact) mass is 1020 g/mol. The highest BCUT2D eigenvalue weighted by atomic mass is 35.5. The van der Waals surface area contributed by atoms with Crippen LogP contribution < -0.4 is 10.1 Å². The van der Waals surface area contributed by atoms with Gasteiger partial charge in [-0.2, -0.15) is 0 Å². The van der Waals surface area contributed by atoms with Crippen LogP contribution in [0.4, 0.5) is 23.2 Å². The molecule has 4 N–H and O–H groups in total. The Labute approximate surface area is 409 Å². The molecule has 0 spiro atoms. The molecule has 3 aliphatic heterocycles. The second-order valence-electron chi connectivity index (χ2n) is 15.4. The van der Waals surface area contributed by atoms with Gasteiger partial charge in [0.25, 0.3) is 0 Å². The van der Waals surface area contributed by atoms with Gasteiger partial charge in [0.1, 0.15) is 45.4 Å². The van der Waals surface area contributed by atoms with Crippen LogP contribution in [-0.4, -0.2) is 198 Å². The molecule has 2 aromatic carbocycles. The molecule has 2 aromatic rings. The number of Topliss-reactive ketones (excluding diaryl/α,β-unsaturated/α-hetero) is 3. The summed E-state index contributed by atoms with van der Waals surface area (Å²) in [4.78, 5) is 72.7. The zero-order valence-electron chi connectivity index (χ0n) is 39.0. The van der Waals surface area contributed by atoms with Crippen molar-refractivity contribution in [3.8, 4) is 11.5 Å². The van der Waals surface area contributed by atoms with E-state index in [0.29, 0.717) is 31.3 Å². The Morgan fingerprint density at radius 2 is 1.20 bits per heavy atom. The largest absolute Gasteiger partial charge is 0.451 e. The quantitative estimate of drug-likeness (QED) is 0.0887. The molecule has 69 heavy (non-hydrogen) atoms. The normalized spacial score (nSPS) is 17.9. The summed E-state index contributed by atoms with van der Waals surface area (Å²) >= 11 is 10.6. The van der Waals surface area contributed by atoms with E-state index in [1.54, 1.807) is 4.90 Å². The van der Waals surface area contributed by atoms with Crippen LogP contribution in [0.1, 0.15) is 31.2 Å². The van der Waals surface area contributed by atoms with Crippen molar-refractivity contribution < 1.29 is 86.0 Å². The van der Waals surface area contributed by atoms with E-state index in [9.17, 15) is 42.7 Å². The molecule has 388 valence electrons. The van der Waals surface area contributed by atoms with Crippen molar-refractivity contribution in [3.05, 3.63) is 58.6 Å². The van der Waals surface area contributed by atoms with Gasteiger partial charge in [-0.3, -0.25) is 19.3 Å². The minimum Gasteiger partial charge on any atom is -0.451 e. The van der Waals surface area contributed by atoms with Crippen molar-refractivity contribution in [2.45, 2.75) is 38.3 Å². The van der Waals surface area contributed by atoms with E-state index < -0.39 is 60.0 Å². The number of nitrogens with zero attached hydrogens (tertiary/aromatic N) is 3. The third-order valence-electron chi connectivity index (χ3n) is 10.5. The molecule has 24 heteroatoms. The highest BCUT2D eigenvalue weighted by Gasteiger charge is 2.35. The van der Waals surface area contributed by atoms with E-state index in [4.69, 9.17) is 57.1 Å². The van der Waals surface area contributed by atoms with Crippen LogP contribution in [0.2, 0.25) is 5.02 Å². The van der Waals surface area contributed by atoms with Gasteiger partial charge in [0.2, 0.25) is 0 Å². The lowest BCUT2D eigenvalue weighted by atomic mass is 9.94. The highest BCUT2D eigenvalue weighted by molar-refractivity contribution is 6.61. The number of hydrogen-bond acceptors (Lipinski definition) is 18. The van der Waals surface area contributed by atoms with E-state index in [2.05, 4.69) is 14.8 Å². The lowest BCUT2D eigenvalue weighted by Gasteiger charge is -2.39. The van der Waals surface area contributed by atoms with Gasteiger partial charge < -0.3 is 63.6 Å². The van der Waals surface area contributed by atoms with Gasteiger partial charge in [0.15, 0.2) is 34.7 Å². The zero-order valence-corrected chi connectivity index (χ0v) is 40.6. The highest BCUT2D eigenvalue weighted by Crippen LogP contribution is 2.30. The van der Waals surface area contributed by atoms with E-state index in [-0.39, 0.29) is 93.9 Å². The topological polar surface area (TPSA) is 249 Å². The fourth-order valence-corrected chi connectivity index (χ4v) is 7.05. The van der Waals surface area contributed by atoms with E-state index in [1.807, 2.05) is 0 Å². The predicted octanol–water partition coefficient (Wildman–Crippen LogP) is 3.84. The molecule has 2 amide bonds. The number of likely N-dealkylation sites (tertiary alicyclic amines) is 1. The third-order valence-corrected chi connectivity index (χ3v) is 10.8. The molecule has 0 saturated carbocycles. The molecule has 3 atom stereocenters. The minimum atomic E-state index is -0.907. The van der Waals surface area contributed by atoms with Gasteiger partial charge >= 0.3 is 17.6 Å². The molecule has 0 unspecified atom stereocenters. The number of halogens is 4. The number of nitrogens with one attached hydrogen (secondary N) is 1. The van der Waals surface area contributed by atoms with Crippen LogP contribution in [0.3, 0.4) is 0 Å². The summed E-state index contributed by atoms with van der Waals surface area (Å²) in [5, 5.41) is 30.2. The van der Waals surface area contributed by atoms with Crippen LogP contribution in [0.15, 0.2) is 36.4 Å². The van der Waals surface area contributed by atoms with Crippen LogP contribution in [-0.2, 0) is 49.3 Å². The van der Waals surface area contributed by atoms with Crippen molar-refractivity contribution in [1.82, 2.24) is 20.0 Å². The van der Waals surface area contributed by atoms with Gasteiger partial charge in [-0.05, 0) is 74.2 Å². The number of hydrogen-bond donors (Lipinski definition) is 4. The Morgan fingerprint density at radius 1 is 0.681 bits per heavy atom. The fraction of sp³-hybridized carbons (Fsp3) is 0.600. The number of piperidine rings is 2. The second-order valence-corrected chi connectivity index (χ2v) is 16.1. The van der Waals surface area contributed by atoms with Crippen LogP contribution in [0, 0.1) is 23.5 Å². The number of ketones is 3. The first kappa shape index (κ1) is 60.5. The number of aliphatic hydroxyl groups is 3. The molecule has 0 aliphatic carbocycles. The van der Waals surface area contributed by atoms with Crippen molar-refractivity contribution in [2.75, 3.05) is 127 Å². The Morgan fingerprint density at radius 3 is 1.71 bits per heavy atom. The Hall–Kier alpha value is -4.62. The van der Waals surface area contributed by atoms with Crippen LogP contribution in [0.25, 0.3) is 0 Å². The van der Waals surface area contributed by atoms with Gasteiger partial charge in [-0.15, -0.1) is 0 Å². The van der Waals surface area contributed by atoms with E-state index >= 15 is 0 Å². The number of piperazine rings is 1. The number of amides is 2. The molecule has 3 aliphatic rings. The van der Waals surface area contributed by atoms with Crippen molar-refractivity contribution in [1.29, 1.82) is 0 Å². The summed E-state index contributed by atoms with van der Waals surface area (Å²) in [7, 11) is 4.53. The smallest absolute Gasteiger partial charge is 0.409 e. The summed E-state index contributed by atoms with van der Waals surface area (Å²) in [5.41, 5.74) is -0.521. The molecule has 5 rings (SSSR count). The number of carbonyl (C=O) groups is 6. The minimum absolute atomic E-state index is 0.0199. The first-order valence-corrected chi connectivity index (χ1v) is 22.8. The molecule has 0 bridgehead atoms. The van der Waals surface area contributed by atoms with E-state index in [1.165, 1.54) is 55.4 Å². The Kier molecular flexibility index (Phi) is 30.4. The molecule has 3 saturated heterocycles. The SMILES string of the molecule is COCCOC(=O)Cl.COCCOC(=O)N1CCC[C@@H](C(=O)CO)C1.COCCOC(=O)N1CCN(Cc2cc(F)c(Oc3ccc(Cl)cc3)c(F)c2)[C@@H](C(=O)CO)C1.O=C(CO)[C@@H]1CCCNC1. The molecule has 3 heterocycles. The van der Waals surface area contributed by atoms with Gasteiger partial charge in [0, 0.05) is 95.6 Å². The average molecular weight is 1030 g/mol. The lowest BCUT2D eigenvalue weighted by molar-refractivity contribution is -0.129. The van der Waals surface area contributed by atoms with Crippen LogP contribution in [0.5, 0.6) is 11.5 Å². The summed E-state index contributed by atoms with van der Waals surface area (Å²) in [6.45, 7) is 3.17. The number of ether oxygens (including phenoxy) is 7. The summed E-state index contributed by atoms with van der Waals surface area (Å²) < 4.78 is 63.2. The van der Waals surface area contributed by atoms with Gasteiger partial charge in [-0.1, -0.05) is 11.6 Å². The first-order chi connectivity index (χ1) is 33.1. The van der Waals surface area contributed by atoms with Crippen LogP contribution >= 0.6 is 23.2 Å². The van der Waals surface area contributed by atoms with Crippen molar-refractivity contribution in [2.24, 2.45) is 11.8 Å². The zero-order chi connectivity index (χ0) is 51.1. The van der Waals surface area contributed by atoms with Gasteiger partial charge in [0.05, 0.1) is 25.9 Å². The molecular weight excluding hydrogens is 961 g/mol. The predicted molar refractivity (Wildman–Crippen MR) is 245 cm³/mol. The van der Waals surface area contributed by atoms with Gasteiger partial charge in [-0.25, -0.2) is 23.2 Å². The molecule has 0 aromatic heterocycles. The third kappa shape index (κ3) is 23.2. The molecular formula is C45H64Cl2F2N4O16. The number of aliphatic hydroxyl groups excluding tert-OH is 3. The number of rotatable bonds is 19. The standard InChI is InChI=1S/C23H25ClF2N2O6.C11H19NO5.C7H13NO2.C4H7ClO3/c1-32-8-9-33-23(31)28-7-6-27(20(13-28)21(30)14-29)12-15-10-18(25)22(19(26)11-15)34-17-4-2-16(24)3-5-17;1-16-5-6-17-11(15)12-4-2-3-9(7-12)10(14)8-13;9-5-7(10)6-2-1-3-8-4-6;1-7-2-3-8-4(5)6/h2-5,10-11,20,29H,6-9,12-14H2,1H3;9,13H,2-8H2,1H3;6,8-9H,1-5H2;2-3H2,1H3/t20-;9-;6-;/m111./s1. The lowest BCUT2D eigenvalue weighted by Crippen LogP contribution is -2.58. The summed E-state index contributed by atoms with van der Waals surface area (Å²) in [6.07, 6.45) is 2.45. The van der Waals surface area contributed by atoms with E-state index in [0.717, 1.165) is 50.9 Å². The van der Waals surface area contributed by atoms with Crippen molar-refractivity contribution in [3.63, 3.8) is 0 Å². The maximum atomic E-state index is 14.7. The summed E-state index contributed by atoms with van der Waals surface area (Å²) in [6, 6.07) is 7.43. The maximum absolute atomic E-state index is 14.7. The van der Waals surface area contributed by atoms with Crippen molar-refractivity contribution >= 4 is 58.2 Å². The fourth-order valence-electron chi connectivity index (χ4n) is 6.85. The molecule has 0 radical (unpaired) electrons. The second kappa shape index (κ2) is 34.6. The number of carbonyl (C=O) groups excluding carboxylic acids is 6. The Balaban J connectivity index is 0.000000383. The summed E-state index contributed by atoms with van der Waals surface area (Å²) in [5.74, 6) is -3.09. The first-order valence-electron chi connectivity index (χ1n) is 22.0. The maximum Gasteiger partial charge on any atom is 0.409 e. The molecule has 20 nitrogen and oxygen atoms in total. The number of benzene rings is 2. The number of methoxy groups -OCH3 is 3.